The van der Waals surface area contributed by atoms with E-state index in [2.05, 4.69) is 17.6 Å². The normalized spacial score (nSPS) is 11.4. The molecule has 0 spiro atoms. The van der Waals surface area contributed by atoms with Crippen molar-refractivity contribution in [2.24, 2.45) is 0 Å². The van der Waals surface area contributed by atoms with Crippen molar-refractivity contribution in [3.05, 3.63) is 59.7 Å². The third kappa shape index (κ3) is 7.02. The average Bonchev–Trinajstić information content (AvgIpc) is 2.72. The number of benzene rings is 2. The molecule has 0 aliphatic heterocycles. The summed E-state index contributed by atoms with van der Waals surface area (Å²) < 4.78 is 49.9. The molecule has 0 aliphatic rings. The first-order valence-electron chi connectivity index (χ1n) is 9.52. The summed E-state index contributed by atoms with van der Waals surface area (Å²) in [5.41, 5.74) is -0.166. The molecule has 2 aromatic rings. The van der Waals surface area contributed by atoms with E-state index in [0.29, 0.717) is 18.1 Å². The lowest BCUT2D eigenvalue weighted by Crippen LogP contribution is -2.28. The Morgan fingerprint density at radius 1 is 1.13 bits per heavy atom. The van der Waals surface area contributed by atoms with Crippen LogP contribution in [0.3, 0.4) is 0 Å². The van der Waals surface area contributed by atoms with Crippen molar-refractivity contribution < 1.29 is 27.4 Å². The highest BCUT2D eigenvalue weighted by Gasteiger charge is 2.32. The van der Waals surface area contributed by atoms with Gasteiger partial charge in [0.2, 0.25) is 5.91 Å². The van der Waals surface area contributed by atoms with Crippen LogP contribution in [0, 0.1) is 0 Å². The smallest absolute Gasteiger partial charge is 0.418 e. The molecule has 0 aliphatic carbocycles. The number of para-hydroxylation sites is 1. The van der Waals surface area contributed by atoms with E-state index in [9.17, 15) is 18.0 Å². The first-order chi connectivity index (χ1) is 14.3. The fourth-order valence-corrected chi connectivity index (χ4v) is 2.58. The molecule has 2 aromatic carbocycles. The molecule has 0 aromatic heterocycles. The molecular formula is C22H25F3N2O3. The number of nitrogens with one attached hydrogen (secondary N) is 2. The van der Waals surface area contributed by atoms with Gasteiger partial charge in [0.05, 0.1) is 25.9 Å². The first-order valence-corrected chi connectivity index (χ1v) is 9.52. The molecule has 0 saturated carbocycles. The number of amides is 1. The van der Waals surface area contributed by atoms with Crippen molar-refractivity contribution in [1.29, 1.82) is 0 Å². The molecule has 30 heavy (non-hydrogen) atoms. The van der Waals surface area contributed by atoms with E-state index in [-0.39, 0.29) is 12.4 Å². The Morgan fingerprint density at radius 3 is 2.60 bits per heavy atom. The predicted molar refractivity (Wildman–Crippen MR) is 111 cm³/mol. The van der Waals surface area contributed by atoms with Crippen LogP contribution in [0.15, 0.2) is 48.5 Å². The van der Waals surface area contributed by atoms with Gasteiger partial charge in [0.15, 0.2) is 11.5 Å². The van der Waals surface area contributed by atoms with Crippen LogP contribution in [0.1, 0.15) is 30.9 Å². The monoisotopic (exact) mass is 422 g/mol. The van der Waals surface area contributed by atoms with Crippen LogP contribution in [0.25, 0.3) is 6.08 Å². The number of halogens is 3. The summed E-state index contributed by atoms with van der Waals surface area (Å²) in [4.78, 5) is 12.0. The van der Waals surface area contributed by atoms with Gasteiger partial charge in [-0.3, -0.25) is 4.79 Å². The number of ether oxygens (including phenoxy) is 2. The highest BCUT2D eigenvalue weighted by molar-refractivity contribution is 5.91. The number of carbonyl (C=O) groups excluding carboxylic acids is 1. The molecular weight excluding hydrogens is 397 g/mol. The molecule has 0 atom stereocenters. The van der Waals surface area contributed by atoms with E-state index in [0.717, 1.165) is 24.5 Å². The van der Waals surface area contributed by atoms with Crippen LogP contribution in [0.2, 0.25) is 0 Å². The quantitative estimate of drug-likeness (QED) is 0.318. The number of alkyl halides is 3. The molecule has 0 radical (unpaired) electrons. The van der Waals surface area contributed by atoms with Crippen LogP contribution in [0.4, 0.5) is 18.9 Å². The van der Waals surface area contributed by atoms with Crippen LogP contribution in [0.5, 0.6) is 11.5 Å². The fourth-order valence-electron chi connectivity index (χ4n) is 2.58. The zero-order valence-corrected chi connectivity index (χ0v) is 16.9. The number of methoxy groups -OCH3 is 1. The highest BCUT2D eigenvalue weighted by Crippen LogP contribution is 2.34. The van der Waals surface area contributed by atoms with E-state index >= 15 is 0 Å². The Balaban J connectivity index is 1.91. The maximum Gasteiger partial charge on any atom is 0.418 e. The zero-order valence-electron chi connectivity index (χ0n) is 16.9. The molecule has 162 valence electrons. The van der Waals surface area contributed by atoms with Crippen molar-refractivity contribution in [3.8, 4) is 11.5 Å². The number of carbonyl (C=O) groups is 1. The lowest BCUT2D eigenvalue weighted by Gasteiger charge is -2.14. The van der Waals surface area contributed by atoms with Gasteiger partial charge in [-0.1, -0.05) is 31.5 Å². The summed E-state index contributed by atoms with van der Waals surface area (Å²) in [6, 6.07) is 10.4. The van der Waals surface area contributed by atoms with Gasteiger partial charge in [-0.15, -0.1) is 0 Å². The van der Waals surface area contributed by atoms with E-state index in [1.54, 1.807) is 24.3 Å². The number of hydrogen-bond acceptors (Lipinski definition) is 4. The van der Waals surface area contributed by atoms with E-state index in [1.807, 2.05) is 0 Å². The Bertz CT molecular complexity index is 867. The minimum atomic E-state index is -4.47. The summed E-state index contributed by atoms with van der Waals surface area (Å²) in [6.45, 7) is 2.52. The molecule has 5 nitrogen and oxygen atoms in total. The van der Waals surface area contributed by atoms with Crippen molar-refractivity contribution >= 4 is 17.7 Å². The zero-order chi connectivity index (χ0) is 22.0. The maximum absolute atomic E-state index is 13.0. The van der Waals surface area contributed by atoms with E-state index in [4.69, 9.17) is 9.47 Å². The fraction of sp³-hybridized carbons (Fsp3) is 0.318. The molecule has 0 fully saturated rings. The molecule has 1 amide bonds. The lowest BCUT2D eigenvalue weighted by atomic mass is 10.1. The summed E-state index contributed by atoms with van der Waals surface area (Å²) in [5, 5.41) is 5.07. The molecule has 8 heteroatoms. The lowest BCUT2D eigenvalue weighted by molar-refractivity contribution is -0.137. The van der Waals surface area contributed by atoms with E-state index in [1.165, 1.54) is 31.4 Å². The number of rotatable bonds is 10. The maximum atomic E-state index is 13.0. The molecule has 2 N–H and O–H groups in total. The molecule has 0 bridgehead atoms. The van der Waals surface area contributed by atoms with Crippen molar-refractivity contribution in [2.75, 3.05) is 25.7 Å². The van der Waals surface area contributed by atoms with Crippen molar-refractivity contribution in [3.63, 3.8) is 0 Å². The van der Waals surface area contributed by atoms with Gasteiger partial charge >= 0.3 is 6.18 Å². The Labute approximate surface area is 173 Å². The van der Waals surface area contributed by atoms with Crippen molar-refractivity contribution in [1.82, 2.24) is 5.32 Å². The van der Waals surface area contributed by atoms with Gasteiger partial charge < -0.3 is 20.1 Å². The second-order valence-corrected chi connectivity index (χ2v) is 6.38. The number of hydrogen-bond donors (Lipinski definition) is 2. The molecule has 0 unspecified atom stereocenters. The van der Waals surface area contributed by atoms with Gasteiger partial charge in [-0.25, -0.2) is 0 Å². The van der Waals surface area contributed by atoms with Crippen LogP contribution in [-0.2, 0) is 11.0 Å². The average molecular weight is 422 g/mol. The standard InChI is InChI=1S/C22H25F3N2O3/c1-3-4-13-30-19-11-9-16(14-20(19)29-2)10-12-21(28)27-15-26-18-8-6-5-7-17(18)22(23,24)25/h5-12,14,26H,3-4,13,15H2,1-2H3,(H,27,28)/b12-10+. The number of unbranched alkanes of at least 4 members (excludes halogenated alkanes) is 1. The van der Waals surface area contributed by atoms with Gasteiger partial charge in [0.1, 0.15) is 0 Å². The van der Waals surface area contributed by atoms with Gasteiger partial charge in [-0.05, 0) is 42.3 Å². The summed E-state index contributed by atoms with van der Waals surface area (Å²) in [6.07, 6.45) is 0.363. The Morgan fingerprint density at radius 2 is 1.90 bits per heavy atom. The van der Waals surface area contributed by atoms with Gasteiger partial charge in [-0.2, -0.15) is 13.2 Å². The third-order valence-electron chi connectivity index (χ3n) is 4.14. The van der Waals surface area contributed by atoms with E-state index < -0.39 is 17.6 Å². The predicted octanol–water partition coefficient (Wildman–Crippen LogP) is 5.09. The second-order valence-electron chi connectivity index (χ2n) is 6.38. The third-order valence-corrected chi connectivity index (χ3v) is 4.14. The van der Waals surface area contributed by atoms with Crippen molar-refractivity contribution in [2.45, 2.75) is 25.9 Å². The summed E-state index contributed by atoms with van der Waals surface area (Å²) in [5.74, 6) is 0.730. The second kappa shape index (κ2) is 11.1. The molecule has 2 rings (SSSR count). The first kappa shape index (κ1) is 23.1. The minimum Gasteiger partial charge on any atom is -0.493 e. The SMILES string of the molecule is CCCCOc1ccc(/C=C/C(=O)NCNc2ccccc2C(F)(F)F)cc1OC. The number of anilines is 1. The van der Waals surface area contributed by atoms with Crippen LogP contribution < -0.4 is 20.1 Å². The highest BCUT2D eigenvalue weighted by atomic mass is 19.4. The molecule has 0 saturated heterocycles. The summed E-state index contributed by atoms with van der Waals surface area (Å²) in [7, 11) is 1.53. The van der Waals surface area contributed by atoms with Crippen LogP contribution >= 0.6 is 0 Å². The largest absolute Gasteiger partial charge is 0.493 e. The topological polar surface area (TPSA) is 59.6 Å². The van der Waals surface area contributed by atoms with Gasteiger partial charge in [0, 0.05) is 11.8 Å². The Hall–Kier alpha value is -3.16. The van der Waals surface area contributed by atoms with Crippen LogP contribution in [-0.4, -0.2) is 26.3 Å². The summed E-state index contributed by atoms with van der Waals surface area (Å²) >= 11 is 0. The van der Waals surface area contributed by atoms with Gasteiger partial charge in [0.25, 0.3) is 0 Å². The minimum absolute atomic E-state index is 0.0994. The Kier molecular flexibility index (Phi) is 8.58. The molecule has 0 heterocycles.